The average Bonchev–Trinajstić information content (AvgIpc) is 2.74. The van der Waals surface area contributed by atoms with Crippen LogP contribution in [0.1, 0.15) is 72.0 Å². The number of hydrogen-bond acceptors (Lipinski definition) is 2. The van der Waals surface area contributed by atoms with Crippen LogP contribution in [0.5, 0.6) is 0 Å². The van der Waals surface area contributed by atoms with E-state index in [4.69, 9.17) is 5.73 Å². The Morgan fingerprint density at radius 2 is 2.06 bits per heavy atom. The maximum absolute atomic E-state index is 13.8. The standard InChI is InChI=1S/C27H30FNO2/c1-27-10-9-22-21-8-6-20(28)13-17(21)5-7-23(22)24(27)14-19(25(30)15-27)12-16-3-2-4-18(11-16)26(29)31/h2-4,6,8,11-13,22-25,30H,5,7,9-10,14-15H2,1H3,(H2,29,31). The number of primary amides is 1. The molecule has 0 radical (unpaired) electrons. The number of benzene rings is 2. The Bertz CT molecular complexity index is 1060. The fourth-order valence-electron chi connectivity index (χ4n) is 6.71. The average molecular weight is 420 g/mol. The molecule has 162 valence electrons. The van der Waals surface area contributed by atoms with Crippen LogP contribution < -0.4 is 5.73 Å². The Hall–Kier alpha value is -2.46. The summed E-state index contributed by atoms with van der Waals surface area (Å²) in [6.45, 7) is 2.35. The predicted octanol–water partition coefficient (Wildman–Crippen LogP) is 5.23. The molecule has 3 aliphatic carbocycles. The Morgan fingerprint density at radius 3 is 2.87 bits per heavy atom. The van der Waals surface area contributed by atoms with Gasteiger partial charge in [0.25, 0.3) is 0 Å². The van der Waals surface area contributed by atoms with E-state index in [1.807, 2.05) is 24.3 Å². The highest BCUT2D eigenvalue weighted by atomic mass is 19.1. The fourth-order valence-corrected chi connectivity index (χ4v) is 6.71. The number of halogens is 1. The lowest BCUT2D eigenvalue weighted by Crippen LogP contribution is -2.47. The zero-order valence-corrected chi connectivity index (χ0v) is 18.0. The number of aliphatic hydroxyl groups is 1. The highest BCUT2D eigenvalue weighted by Crippen LogP contribution is 2.60. The van der Waals surface area contributed by atoms with Crippen LogP contribution >= 0.6 is 0 Å². The summed E-state index contributed by atoms with van der Waals surface area (Å²) in [6.07, 6.45) is 7.46. The first kappa shape index (κ1) is 20.4. The summed E-state index contributed by atoms with van der Waals surface area (Å²) >= 11 is 0. The van der Waals surface area contributed by atoms with Crippen molar-refractivity contribution in [3.8, 4) is 0 Å². The summed E-state index contributed by atoms with van der Waals surface area (Å²) in [5.41, 5.74) is 10.5. The number of carbonyl (C=O) groups is 1. The summed E-state index contributed by atoms with van der Waals surface area (Å²) in [7, 11) is 0. The largest absolute Gasteiger partial charge is 0.389 e. The minimum Gasteiger partial charge on any atom is -0.389 e. The molecule has 2 saturated carbocycles. The molecule has 0 aliphatic heterocycles. The highest BCUT2D eigenvalue weighted by molar-refractivity contribution is 5.93. The van der Waals surface area contributed by atoms with Crippen molar-refractivity contribution < 1.29 is 14.3 Å². The lowest BCUT2D eigenvalue weighted by molar-refractivity contribution is -0.0276. The zero-order valence-electron chi connectivity index (χ0n) is 18.0. The molecule has 0 bridgehead atoms. The first-order valence-corrected chi connectivity index (χ1v) is 11.4. The first-order chi connectivity index (χ1) is 14.8. The summed E-state index contributed by atoms with van der Waals surface area (Å²) < 4.78 is 13.8. The van der Waals surface area contributed by atoms with Gasteiger partial charge in [0.05, 0.1) is 6.10 Å². The molecule has 0 aromatic heterocycles. The van der Waals surface area contributed by atoms with E-state index >= 15 is 0 Å². The number of nitrogens with two attached hydrogens (primary N) is 1. The summed E-state index contributed by atoms with van der Waals surface area (Å²) in [6, 6.07) is 12.6. The van der Waals surface area contributed by atoms with Crippen LogP contribution in [0, 0.1) is 23.1 Å². The van der Waals surface area contributed by atoms with E-state index < -0.39 is 12.0 Å². The van der Waals surface area contributed by atoms with Crippen LogP contribution in [-0.4, -0.2) is 17.1 Å². The number of amides is 1. The molecule has 3 nitrogen and oxygen atoms in total. The second kappa shape index (κ2) is 7.59. The minimum absolute atomic E-state index is 0.129. The molecule has 5 unspecified atom stereocenters. The molecular formula is C27H30FNO2. The van der Waals surface area contributed by atoms with Gasteiger partial charge in [-0.3, -0.25) is 4.79 Å². The molecule has 4 heteroatoms. The van der Waals surface area contributed by atoms with E-state index in [-0.39, 0.29) is 11.2 Å². The van der Waals surface area contributed by atoms with Crippen molar-refractivity contribution in [1.82, 2.24) is 0 Å². The number of fused-ring (bicyclic) bond motifs is 5. The molecule has 0 spiro atoms. The van der Waals surface area contributed by atoms with Crippen LogP contribution in [0.15, 0.2) is 48.0 Å². The Labute approximate surface area is 183 Å². The second-order valence-electron chi connectivity index (χ2n) is 10.1. The Morgan fingerprint density at radius 1 is 1.23 bits per heavy atom. The molecule has 1 amide bonds. The van der Waals surface area contributed by atoms with E-state index in [0.717, 1.165) is 49.7 Å². The third-order valence-corrected chi connectivity index (χ3v) is 8.27. The van der Waals surface area contributed by atoms with Gasteiger partial charge in [-0.25, -0.2) is 4.39 Å². The molecule has 3 aliphatic rings. The lowest BCUT2D eigenvalue weighted by Gasteiger charge is -2.55. The van der Waals surface area contributed by atoms with E-state index in [0.29, 0.717) is 23.3 Å². The number of hydrogen-bond donors (Lipinski definition) is 2. The maximum Gasteiger partial charge on any atom is 0.248 e. The van der Waals surface area contributed by atoms with Crippen LogP contribution in [0.25, 0.3) is 6.08 Å². The highest BCUT2D eigenvalue weighted by Gasteiger charge is 2.51. The second-order valence-corrected chi connectivity index (χ2v) is 10.1. The number of aliphatic hydroxyl groups excluding tert-OH is 1. The molecule has 2 fully saturated rings. The van der Waals surface area contributed by atoms with E-state index in [1.54, 1.807) is 24.3 Å². The summed E-state index contributed by atoms with van der Waals surface area (Å²) in [4.78, 5) is 11.5. The molecule has 2 aromatic carbocycles. The van der Waals surface area contributed by atoms with Gasteiger partial charge in [0, 0.05) is 5.56 Å². The number of aryl methyl sites for hydroxylation is 1. The van der Waals surface area contributed by atoms with Crippen molar-refractivity contribution >= 4 is 12.0 Å². The number of carbonyl (C=O) groups excluding carboxylic acids is 1. The van der Waals surface area contributed by atoms with Crippen LogP contribution in [0.2, 0.25) is 0 Å². The smallest absolute Gasteiger partial charge is 0.248 e. The third-order valence-electron chi connectivity index (χ3n) is 8.27. The van der Waals surface area contributed by atoms with Crippen molar-refractivity contribution in [2.24, 2.45) is 23.0 Å². The van der Waals surface area contributed by atoms with Gasteiger partial charge < -0.3 is 10.8 Å². The molecule has 0 saturated heterocycles. The van der Waals surface area contributed by atoms with Gasteiger partial charge >= 0.3 is 0 Å². The van der Waals surface area contributed by atoms with Crippen LogP contribution in [0.3, 0.4) is 0 Å². The molecule has 31 heavy (non-hydrogen) atoms. The van der Waals surface area contributed by atoms with Gasteiger partial charge in [-0.15, -0.1) is 0 Å². The molecule has 3 N–H and O–H groups in total. The van der Waals surface area contributed by atoms with Gasteiger partial charge in [-0.2, -0.15) is 0 Å². The van der Waals surface area contributed by atoms with Gasteiger partial charge in [0.2, 0.25) is 5.91 Å². The van der Waals surface area contributed by atoms with Crippen molar-refractivity contribution in [2.75, 3.05) is 0 Å². The molecule has 5 rings (SSSR count). The molecule has 0 heterocycles. The fraction of sp³-hybridized carbons (Fsp3) is 0.444. The van der Waals surface area contributed by atoms with Gasteiger partial charge in [0.1, 0.15) is 5.82 Å². The van der Waals surface area contributed by atoms with Crippen molar-refractivity contribution in [3.05, 3.63) is 76.1 Å². The van der Waals surface area contributed by atoms with E-state index in [9.17, 15) is 14.3 Å². The van der Waals surface area contributed by atoms with Crippen molar-refractivity contribution in [2.45, 2.75) is 57.5 Å². The SMILES string of the molecule is CC12CCC3c4ccc(F)cc4CCC3C1CC(=Cc1cccc(C(N)=O)c1)C(O)C2. The van der Waals surface area contributed by atoms with Crippen LogP contribution in [-0.2, 0) is 6.42 Å². The molecule has 5 atom stereocenters. The zero-order chi connectivity index (χ0) is 21.8. The van der Waals surface area contributed by atoms with Crippen molar-refractivity contribution in [1.29, 1.82) is 0 Å². The Kier molecular flexibility index (Phi) is 5.01. The topological polar surface area (TPSA) is 63.3 Å². The number of rotatable bonds is 2. The van der Waals surface area contributed by atoms with Gasteiger partial charge in [-0.05, 0) is 108 Å². The Balaban J connectivity index is 1.46. The maximum atomic E-state index is 13.8. The first-order valence-electron chi connectivity index (χ1n) is 11.4. The monoisotopic (exact) mass is 419 g/mol. The normalized spacial score (nSPS) is 33.3. The van der Waals surface area contributed by atoms with Crippen molar-refractivity contribution in [3.63, 3.8) is 0 Å². The lowest BCUT2D eigenvalue weighted by atomic mass is 9.50. The van der Waals surface area contributed by atoms with E-state index in [1.165, 1.54) is 11.1 Å². The van der Waals surface area contributed by atoms with Crippen LogP contribution in [0.4, 0.5) is 4.39 Å². The molecule has 2 aromatic rings. The predicted molar refractivity (Wildman–Crippen MR) is 120 cm³/mol. The third kappa shape index (κ3) is 3.61. The van der Waals surface area contributed by atoms with E-state index in [2.05, 4.69) is 6.92 Å². The summed E-state index contributed by atoms with van der Waals surface area (Å²) in [5, 5.41) is 11.0. The minimum atomic E-state index is -0.458. The van der Waals surface area contributed by atoms with Gasteiger partial charge in [-0.1, -0.05) is 31.2 Å². The van der Waals surface area contributed by atoms with Gasteiger partial charge in [0.15, 0.2) is 0 Å². The quantitative estimate of drug-likeness (QED) is 0.700. The molecular weight excluding hydrogens is 389 g/mol. The summed E-state index contributed by atoms with van der Waals surface area (Å²) in [5.74, 6) is 0.964.